The summed E-state index contributed by atoms with van der Waals surface area (Å²) in [7, 11) is 0. The molecular formula is C15H7BrF8NO. The molecule has 1 radical (unpaired) electrons. The lowest BCUT2D eigenvalue weighted by Crippen LogP contribution is -2.57. The minimum absolute atomic E-state index is 0.112. The molecule has 0 saturated heterocycles. The first-order valence-electron chi connectivity index (χ1n) is 6.63. The SMILES string of the molecule is Cc1[c]c(Br)nc(OC(F)(C(F)(F)F)C(F)(F)F)c1-c1ccccc1F. The van der Waals surface area contributed by atoms with Crippen molar-refractivity contribution in [3.63, 3.8) is 0 Å². The van der Waals surface area contributed by atoms with Crippen molar-refractivity contribution in [1.29, 1.82) is 0 Å². The maximum Gasteiger partial charge on any atom is 0.470 e. The third kappa shape index (κ3) is 3.62. The molecule has 0 N–H and O–H groups in total. The molecule has 0 amide bonds. The molecular weight excluding hydrogens is 442 g/mol. The fraction of sp³-hybridized carbons (Fsp3) is 0.267. The minimum atomic E-state index is -6.46. The second-order valence-electron chi connectivity index (χ2n) is 5.01. The largest absolute Gasteiger partial charge is 0.470 e. The lowest BCUT2D eigenvalue weighted by atomic mass is 10.0. The Kier molecular flexibility index (Phi) is 5.24. The Bertz CT molecular complexity index is 804. The van der Waals surface area contributed by atoms with Gasteiger partial charge >= 0.3 is 18.2 Å². The number of aryl methyl sites for hydroxylation is 1. The second-order valence-corrected chi connectivity index (χ2v) is 5.76. The lowest BCUT2D eigenvalue weighted by Gasteiger charge is -2.30. The third-order valence-electron chi connectivity index (χ3n) is 3.19. The Balaban J connectivity index is 2.72. The zero-order valence-corrected chi connectivity index (χ0v) is 14.2. The Labute approximate surface area is 149 Å². The molecule has 0 atom stereocenters. The predicted octanol–water partition coefficient (Wildman–Crippen LogP) is 5.93. The molecule has 0 unspecified atom stereocenters. The molecule has 0 saturated carbocycles. The summed E-state index contributed by atoms with van der Waals surface area (Å²) >= 11 is 2.72. The molecule has 141 valence electrons. The van der Waals surface area contributed by atoms with E-state index >= 15 is 0 Å². The highest BCUT2D eigenvalue weighted by molar-refractivity contribution is 9.10. The summed E-state index contributed by atoms with van der Waals surface area (Å²) in [5.41, 5.74) is -1.14. The van der Waals surface area contributed by atoms with Gasteiger partial charge in [0.2, 0.25) is 5.88 Å². The maximum absolute atomic E-state index is 14.0. The maximum atomic E-state index is 14.0. The van der Waals surface area contributed by atoms with Crippen molar-refractivity contribution >= 4 is 15.9 Å². The van der Waals surface area contributed by atoms with Crippen LogP contribution in [0.2, 0.25) is 0 Å². The topological polar surface area (TPSA) is 22.1 Å². The van der Waals surface area contributed by atoms with E-state index in [1.54, 1.807) is 0 Å². The number of aromatic nitrogens is 1. The number of alkyl halides is 7. The van der Waals surface area contributed by atoms with Gasteiger partial charge in [-0.3, -0.25) is 0 Å². The Morgan fingerprint density at radius 2 is 1.54 bits per heavy atom. The van der Waals surface area contributed by atoms with Crippen LogP contribution in [0, 0.1) is 18.8 Å². The van der Waals surface area contributed by atoms with Crippen molar-refractivity contribution in [2.75, 3.05) is 0 Å². The van der Waals surface area contributed by atoms with Gasteiger partial charge in [0, 0.05) is 11.6 Å². The molecule has 2 nitrogen and oxygen atoms in total. The zero-order valence-electron chi connectivity index (χ0n) is 12.6. The number of hydrogen-bond acceptors (Lipinski definition) is 2. The van der Waals surface area contributed by atoms with Gasteiger partial charge in [0.1, 0.15) is 10.4 Å². The van der Waals surface area contributed by atoms with Crippen molar-refractivity contribution in [2.24, 2.45) is 0 Å². The van der Waals surface area contributed by atoms with E-state index in [1.165, 1.54) is 19.1 Å². The highest BCUT2D eigenvalue weighted by Gasteiger charge is 2.76. The number of halogens is 9. The van der Waals surface area contributed by atoms with Crippen molar-refractivity contribution in [3.8, 4) is 17.0 Å². The Hall–Kier alpha value is -1.91. The Morgan fingerprint density at radius 3 is 2.04 bits per heavy atom. The van der Waals surface area contributed by atoms with Crippen LogP contribution in [0.1, 0.15) is 5.56 Å². The molecule has 1 heterocycles. The van der Waals surface area contributed by atoms with Crippen LogP contribution in [0.5, 0.6) is 5.88 Å². The van der Waals surface area contributed by atoms with Crippen LogP contribution in [0.25, 0.3) is 11.1 Å². The number of pyridine rings is 1. The number of ether oxygens (including phenoxy) is 1. The van der Waals surface area contributed by atoms with Crippen LogP contribution in [0.3, 0.4) is 0 Å². The molecule has 0 aliphatic carbocycles. The van der Waals surface area contributed by atoms with E-state index in [1.807, 2.05) is 0 Å². The standard InChI is InChI=1S/C15H7BrF8NO/c1-7-6-10(16)25-12(11(7)8-4-2-3-5-9(8)17)26-13(18,14(19,20)21)15(22,23)24/h2-5H,1H3. The van der Waals surface area contributed by atoms with Gasteiger partial charge < -0.3 is 4.74 Å². The molecule has 26 heavy (non-hydrogen) atoms. The summed E-state index contributed by atoms with van der Waals surface area (Å²) in [6.07, 6.45) is -12.9. The normalized spacial score (nSPS) is 13.0. The van der Waals surface area contributed by atoms with Gasteiger partial charge in [-0.15, -0.1) is 0 Å². The molecule has 0 aliphatic heterocycles. The summed E-state index contributed by atoms with van der Waals surface area (Å²) in [5.74, 6) is -8.42. The van der Waals surface area contributed by atoms with Crippen LogP contribution in [0.15, 0.2) is 28.9 Å². The molecule has 1 aromatic heterocycles. The Morgan fingerprint density at radius 1 is 1.00 bits per heavy atom. The molecule has 2 rings (SSSR count). The summed E-state index contributed by atoms with van der Waals surface area (Å²) in [5, 5.41) is 0. The van der Waals surface area contributed by atoms with Gasteiger partial charge in [-0.1, -0.05) is 18.2 Å². The fourth-order valence-electron chi connectivity index (χ4n) is 2.02. The molecule has 0 aliphatic rings. The van der Waals surface area contributed by atoms with Crippen LogP contribution >= 0.6 is 15.9 Å². The first kappa shape index (κ1) is 20.4. The molecule has 11 heteroatoms. The van der Waals surface area contributed by atoms with Crippen molar-refractivity contribution < 1.29 is 39.9 Å². The third-order valence-corrected chi connectivity index (χ3v) is 3.56. The molecule has 2 aromatic rings. The van der Waals surface area contributed by atoms with E-state index in [-0.39, 0.29) is 10.2 Å². The van der Waals surface area contributed by atoms with Crippen molar-refractivity contribution in [1.82, 2.24) is 4.98 Å². The second kappa shape index (κ2) is 6.67. The number of hydrogen-bond donors (Lipinski definition) is 0. The van der Waals surface area contributed by atoms with Gasteiger partial charge in [0.25, 0.3) is 0 Å². The van der Waals surface area contributed by atoms with Crippen LogP contribution in [0.4, 0.5) is 35.1 Å². The highest BCUT2D eigenvalue weighted by Crippen LogP contribution is 2.48. The predicted molar refractivity (Wildman–Crippen MR) is 77.5 cm³/mol. The number of rotatable bonds is 3. The first-order valence-corrected chi connectivity index (χ1v) is 7.43. The van der Waals surface area contributed by atoms with E-state index in [0.29, 0.717) is 0 Å². The molecule has 0 spiro atoms. The van der Waals surface area contributed by atoms with Gasteiger partial charge in [-0.2, -0.15) is 30.7 Å². The molecule has 0 fully saturated rings. The zero-order chi connectivity index (χ0) is 19.9. The molecule has 1 aromatic carbocycles. The average molecular weight is 449 g/mol. The number of benzene rings is 1. The van der Waals surface area contributed by atoms with E-state index < -0.39 is 41.0 Å². The van der Waals surface area contributed by atoms with Gasteiger partial charge in [0.15, 0.2) is 0 Å². The summed E-state index contributed by atoms with van der Waals surface area (Å²) < 4.78 is 108. The van der Waals surface area contributed by atoms with Crippen LogP contribution in [-0.2, 0) is 0 Å². The van der Waals surface area contributed by atoms with Crippen LogP contribution < -0.4 is 4.74 Å². The van der Waals surface area contributed by atoms with E-state index in [4.69, 9.17) is 0 Å². The summed E-state index contributed by atoms with van der Waals surface area (Å²) in [6.45, 7) is 1.21. The smallest absolute Gasteiger partial charge is 0.425 e. The van der Waals surface area contributed by atoms with Crippen molar-refractivity contribution in [3.05, 3.63) is 46.3 Å². The van der Waals surface area contributed by atoms with E-state index in [9.17, 15) is 35.1 Å². The van der Waals surface area contributed by atoms with E-state index in [2.05, 4.69) is 31.7 Å². The average Bonchev–Trinajstić information content (AvgIpc) is 2.46. The van der Waals surface area contributed by atoms with E-state index in [0.717, 1.165) is 12.1 Å². The quantitative estimate of drug-likeness (QED) is 0.429. The van der Waals surface area contributed by atoms with Gasteiger partial charge in [-0.05, 0) is 34.5 Å². The first-order chi connectivity index (χ1) is 11.8. The minimum Gasteiger partial charge on any atom is -0.425 e. The fourth-order valence-corrected chi connectivity index (χ4v) is 2.47. The van der Waals surface area contributed by atoms with Gasteiger partial charge in [-0.25, -0.2) is 9.37 Å². The highest BCUT2D eigenvalue weighted by atomic mass is 79.9. The number of nitrogens with zero attached hydrogens (tertiary/aromatic N) is 1. The van der Waals surface area contributed by atoms with Crippen molar-refractivity contribution in [2.45, 2.75) is 25.1 Å². The monoisotopic (exact) mass is 448 g/mol. The van der Waals surface area contributed by atoms with Gasteiger partial charge in [0.05, 0.1) is 5.56 Å². The molecule has 0 bridgehead atoms. The van der Waals surface area contributed by atoms with Crippen LogP contribution in [-0.4, -0.2) is 23.2 Å². The summed E-state index contributed by atoms with van der Waals surface area (Å²) in [4.78, 5) is 3.30. The summed E-state index contributed by atoms with van der Waals surface area (Å²) in [6, 6.07) is 6.94. The lowest BCUT2D eigenvalue weighted by molar-refractivity contribution is -0.406.